The van der Waals surface area contributed by atoms with Crippen molar-refractivity contribution in [3.05, 3.63) is 23.8 Å². The van der Waals surface area contributed by atoms with E-state index in [1.165, 1.54) is 19.3 Å². The molecule has 0 saturated heterocycles. The molecule has 0 amide bonds. The zero-order valence-corrected chi connectivity index (χ0v) is 8.69. The zero-order valence-electron chi connectivity index (χ0n) is 7.88. The van der Waals surface area contributed by atoms with E-state index in [4.69, 9.17) is 0 Å². The molecule has 0 aliphatic rings. The second-order valence-electron chi connectivity index (χ2n) is 3.03. The minimum Gasteiger partial charge on any atom is -0.772 e. The van der Waals surface area contributed by atoms with Gasteiger partial charge >= 0.3 is 0 Å². The molecule has 1 heterocycles. The number of nitrogens with zero attached hydrogens (tertiary/aromatic N) is 2. The smallest absolute Gasteiger partial charge is 0.157 e. The van der Waals surface area contributed by atoms with Gasteiger partial charge in [-0.2, -0.15) is 0 Å². The van der Waals surface area contributed by atoms with Crippen LogP contribution in [0.1, 0.15) is 24.4 Å². The second-order valence-corrected chi connectivity index (χ2v) is 4.29. The van der Waals surface area contributed by atoms with E-state index in [1.54, 1.807) is 0 Å². The lowest BCUT2D eigenvalue weighted by Gasteiger charge is -2.19. The molecule has 0 bridgehead atoms. The normalized spacial score (nSPS) is 17.4. The van der Waals surface area contributed by atoms with E-state index in [0.717, 1.165) is 5.56 Å². The molecular weight excluding hydrogens is 204 g/mol. The fourth-order valence-corrected chi connectivity index (χ4v) is 1.20. The molecular formula is C8H11N2O3S-. The molecule has 0 spiro atoms. The molecule has 1 aromatic rings. The zero-order chi connectivity index (χ0) is 10.7. The minimum atomic E-state index is -2.33. The molecule has 0 aromatic carbocycles. The van der Waals surface area contributed by atoms with Gasteiger partial charge in [-0.1, -0.05) is 0 Å². The molecule has 5 nitrogen and oxygen atoms in total. The average Bonchev–Trinajstić information content (AvgIpc) is 2.16. The van der Waals surface area contributed by atoms with Crippen molar-refractivity contribution in [2.75, 3.05) is 0 Å². The summed E-state index contributed by atoms with van der Waals surface area (Å²) in [5, 5.41) is 8.63. The van der Waals surface area contributed by atoms with Crippen molar-refractivity contribution >= 4 is 11.1 Å². The topological polar surface area (TPSA) is 86.1 Å². The van der Waals surface area contributed by atoms with E-state index in [-0.39, 0.29) is 5.82 Å². The molecule has 3 atom stereocenters. The number of aryl methyl sites for hydroxylation is 1. The highest BCUT2D eigenvalue weighted by atomic mass is 32.2. The van der Waals surface area contributed by atoms with Crippen LogP contribution in [0.4, 0.5) is 0 Å². The van der Waals surface area contributed by atoms with Crippen LogP contribution < -0.4 is 0 Å². The van der Waals surface area contributed by atoms with E-state index < -0.39 is 22.4 Å². The lowest BCUT2D eigenvalue weighted by atomic mass is 10.2. The highest BCUT2D eigenvalue weighted by Crippen LogP contribution is 2.15. The van der Waals surface area contributed by atoms with E-state index in [9.17, 15) is 13.9 Å². The maximum atomic E-state index is 10.6. The van der Waals surface area contributed by atoms with Gasteiger partial charge < -0.3 is 9.66 Å². The molecule has 0 saturated carbocycles. The van der Waals surface area contributed by atoms with Crippen molar-refractivity contribution in [2.45, 2.75) is 25.2 Å². The van der Waals surface area contributed by atoms with Crippen LogP contribution in [-0.4, -0.2) is 29.1 Å². The molecule has 1 N–H and O–H groups in total. The monoisotopic (exact) mass is 215 g/mol. The van der Waals surface area contributed by atoms with Gasteiger partial charge in [0, 0.05) is 12.4 Å². The Hall–Kier alpha value is -0.850. The van der Waals surface area contributed by atoms with Gasteiger partial charge in [0.1, 0.15) is 6.10 Å². The van der Waals surface area contributed by atoms with Gasteiger partial charge in [-0.15, -0.1) is 0 Å². The standard InChI is InChI=1S/C8H12N2O3S/c1-5-3-9-8(10-4-5)7(11)6(2)14(12)13/h3-4,6-7,11H,1-2H3,(H,12,13)/p-1/t6-,7-/m0/s1. The Morgan fingerprint density at radius 1 is 1.50 bits per heavy atom. The van der Waals surface area contributed by atoms with Crippen molar-refractivity contribution in [1.82, 2.24) is 9.97 Å². The lowest BCUT2D eigenvalue weighted by molar-refractivity contribution is 0.165. The summed E-state index contributed by atoms with van der Waals surface area (Å²) in [6.45, 7) is 3.21. The van der Waals surface area contributed by atoms with Gasteiger partial charge in [-0.25, -0.2) is 9.97 Å². The molecule has 14 heavy (non-hydrogen) atoms. The van der Waals surface area contributed by atoms with Crippen LogP contribution in [0.15, 0.2) is 12.4 Å². The number of aliphatic hydroxyl groups is 1. The van der Waals surface area contributed by atoms with E-state index in [1.807, 2.05) is 6.92 Å². The first kappa shape index (κ1) is 11.2. The molecule has 1 rings (SSSR count). The first-order valence-corrected chi connectivity index (χ1v) is 5.21. The Labute approximate surface area is 84.5 Å². The highest BCUT2D eigenvalue weighted by Gasteiger charge is 2.19. The number of rotatable bonds is 3. The number of aliphatic hydroxyl groups excluding tert-OH is 1. The van der Waals surface area contributed by atoms with Crippen LogP contribution in [0.25, 0.3) is 0 Å². The SMILES string of the molecule is Cc1cnc([C@@H](O)[C@H](C)S(=O)[O-])nc1. The van der Waals surface area contributed by atoms with Crippen LogP contribution in [0, 0.1) is 6.92 Å². The molecule has 0 radical (unpaired) electrons. The highest BCUT2D eigenvalue weighted by molar-refractivity contribution is 7.79. The third-order valence-corrected chi connectivity index (χ3v) is 2.68. The van der Waals surface area contributed by atoms with Crippen LogP contribution in [0.5, 0.6) is 0 Å². The third-order valence-electron chi connectivity index (χ3n) is 1.81. The third kappa shape index (κ3) is 2.57. The Morgan fingerprint density at radius 3 is 2.43 bits per heavy atom. The number of hydrogen-bond acceptors (Lipinski definition) is 5. The van der Waals surface area contributed by atoms with Crippen molar-refractivity contribution in [2.24, 2.45) is 0 Å². The van der Waals surface area contributed by atoms with Gasteiger partial charge in [-0.3, -0.25) is 4.21 Å². The Bertz CT molecular complexity index is 328. The number of hydrogen-bond donors (Lipinski definition) is 1. The molecule has 6 heteroatoms. The quantitative estimate of drug-likeness (QED) is 0.722. The summed E-state index contributed by atoms with van der Waals surface area (Å²) in [5.41, 5.74) is 0.858. The molecule has 0 fully saturated rings. The first-order chi connectivity index (χ1) is 6.52. The fraction of sp³-hybridized carbons (Fsp3) is 0.500. The molecule has 0 aliphatic heterocycles. The summed E-state index contributed by atoms with van der Waals surface area (Å²) in [7, 11) is 0. The first-order valence-electron chi connectivity index (χ1n) is 4.07. The predicted octanol–water partition coefficient (Wildman–Crippen LogP) is 0.0860. The van der Waals surface area contributed by atoms with Gasteiger partial charge in [0.15, 0.2) is 5.82 Å². The fourth-order valence-electron chi connectivity index (χ4n) is 0.870. The maximum Gasteiger partial charge on any atom is 0.157 e. The minimum absolute atomic E-state index is 0.132. The Balaban J connectivity index is 2.84. The van der Waals surface area contributed by atoms with Crippen LogP contribution in [-0.2, 0) is 11.1 Å². The summed E-state index contributed by atoms with van der Waals surface area (Å²) in [6.07, 6.45) is 1.90. The lowest BCUT2D eigenvalue weighted by Crippen LogP contribution is -2.22. The summed E-state index contributed by atoms with van der Waals surface area (Å²) >= 11 is -2.33. The summed E-state index contributed by atoms with van der Waals surface area (Å²) < 4.78 is 21.1. The maximum absolute atomic E-state index is 10.6. The van der Waals surface area contributed by atoms with Crippen LogP contribution >= 0.6 is 0 Å². The Kier molecular flexibility index (Phi) is 3.68. The summed E-state index contributed by atoms with van der Waals surface area (Å²) in [6, 6.07) is 0. The van der Waals surface area contributed by atoms with Gasteiger partial charge in [0.05, 0.1) is 5.25 Å². The van der Waals surface area contributed by atoms with Crippen molar-refractivity contribution < 1.29 is 13.9 Å². The van der Waals surface area contributed by atoms with E-state index in [0.29, 0.717) is 0 Å². The summed E-state index contributed by atoms with van der Waals surface area (Å²) in [4.78, 5) is 7.69. The predicted molar refractivity (Wildman–Crippen MR) is 50.1 cm³/mol. The Morgan fingerprint density at radius 2 is 2.00 bits per heavy atom. The molecule has 1 aromatic heterocycles. The van der Waals surface area contributed by atoms with Crippen molar-refractivity contribution in [1.29, 1.82) is 0 Å². The van der Waals surface area contributed by atoms with E-state index >= 15 is 0 Å². The van der Waals surface area contributed by atoms with Crippen molar-refractivity contribution in [3.8, 4) is 0 Å². The summed E-state index contributed by atoms with van der Waals surface area (Å²) in [5.74, 6) is 0.132. The van der Waals surface area contributed by atoms with Gasteiger partial charge in [0.25, 0.3) is 0 Å². The average molecular weight is 215 g/mol. The van der Waals surface area contributed by atoms with Crippen molar-refractivity contribution in [3.63, 3.8) is 0 Å². The molecule has 0 aliphatic carbocycles. The van der Waals surface area contributed by atoms with Crippen LogP contribution in [0.2, 0.25) is 0 Å². The molecule has 78 valence electrons. The van der Waals surface area contributed by atoms with Gasteiger partial charge in [-0.05, 0) is 30.5 Å². The van der Waals surface area contributed by atoms with Gasteiger partial charge in [0.2, 0.25) is 0 Å². The number of aromatic nitrogens is 2. The molecule has 1 unspecified atom stereocenters. The van der Waals surface area contributed by atoms with Crippen LogP contribution in [0.3, 0.4) is 0 Å². The second kappa shape index (κ2) is 4.59. The van der Waals surface area contributed by atoms with E-state index in [2.05, 4.69) is 9.97 Å². The largest absolute Gasteiger partial charge is 0.772 e.